The quantitative estimate of drug-likeness (QED) is 0.579. The van der Waals surface area contributed by atoms with Crippen molar-refractivity contribution in [2.24, 2.45) is 13.0 Å². The summed E-state index contributed by atoms with van der Waals surface area (Å²) in [6.07, 6.45) is 4.91. The maximum atomic E-state index is 13.4. The summed E-state index contributed by atoms with van der Waals surface area (Å²) in [5.41, 5.74) is 4.68. The monoisotopic (exact) mass is 444 g/mol. The summed E-state index contributed by atoms with van der Waals surface area (Å²) in [5.74, 6) is 0.156. The van der Waals surface area contributed by atoms with E-state index >= 15 is 0 Å². The van der Waals surface area contributed by atoms with Crippen molar-refractivity contribution in [3.05, 3.63) is 77.9 Å². The van der Waals surface area contributed by atoms with E-state index in [-0.39, 0.29) is 17.7 Å². The van der Waals surface area contributed by atoms with Crippen molar-refractivity contribution in [1.82, 2.24) is 19.4 Å². The molecule has 6 nitrogen and oxygen atoms in total. The minimum atomic E-state index is -0.270. The summed E-state index contributed by atoms with van der Waals surface area (Å²) in [6.45, 7) is 6.38. The highest BCUT2D eigenvalue weighted by Crippen LogP contribution is 2.23. The molecule has 0 aliphatic carbocycles. The average Bonchev–Trinajstić information content (AvgIpc) is 3.19. The van der Waals surface area contributed by atoms with Gasteiger partial charge in [-0.1, -0.05) is 61.0 Å². The van der Waals surface area contributed by atoms with E-state index in [9.17, 15) is 9.59 Å². The molecule has 2 amide bonds. The number of aryl methyl sites for hydroxylation is 2. The van der Waals surface area contributed by atoms with Gasteiger partial charge in [-0.2, -0.15) is 0 Å². The lowest BCUT2D eigenvalue weighted by atomic mass is 9.95. The van der Waals surface area contributed by atoms with E-state index < -0.39 is 0 Å². The van der Waals surface area contributed by atoms with Crippen LogP contribution in [0.5, 0.6) is 0 Å². The number of hydrogen-bond donors (Lipinski definition) is 0. The predicted octanol–water partition coefficient (Wildman–Crippen LogP) is 3.95. The number of nitrogens with zero attached hydrogens (tertiary/aromatic N) is 4. The molecule has 1 fully saturated rings. The average molecular weight is 445 g/mol. The van der Waals surface area contributed by atoms with Crippen molar-refractivity contribution in [2.75, 3.05) is 26.2 Å². The fourth-order valence-corrected chi connectivity index (χ4v) is 4.53. The first kappa shape index (κ1) is 22.8. The maximum Gasteiger partial charge on any atom is 0.289 e. The fourth-order valence-electron chi connectivity index (χ4n) is 4.53. The van der Waals surface area contributed by atoms with E-state index in [0.717, 1.165) is 17.5 Å². The second kappa shape index (κ2) is 10.0. The molecule has 0 bridgehead atoms. The molecule has 0 saturated carbocycles. The SMILES string of the molecule is CCCN1CCN(C(=O)c2nccn2C)C[C@H](Cc2ccc(-c3cccc(C)c3)cc2)C1=O. The number of benzene rings is 2. The summed E-state index contributed by atoms with van der Waals surface area (Å²) < 4.78 is 1.73. The van der Waals surface area contributed by atoms with Gasteiger partial charge in [0.15, 0.2) is 5.82 Å². The van der Waals surface area contributed by atoms with Gasteiger partial charge in [-0.05, 0) is 36.5 Å². The lowest BCUT2D eigenvalue weighted by Gasteiger charge is -2.24. The molecule has 0 N–H and O–H groups in total. The van der Waals surface area contributed by atoms with Gasteiger partial charge in [-0.3, -0.25) is 9.59 Å². The Balaban J connectivity index is 1.54. The largest absolute Gasteiger partial charge is 0.341 e. The Hall–Kier alpha value is -3.41. The Labute approximate surface area is 195 Å². The van der Waals surface area contributed by atoms with Gasteiger partial charge < -0.3 is 14.4 Å². The van der Waals surface area contributed by atoms with E-state index in [1.807, 2.05) is 11.9 Å². The smallest absolute Gasteiger partial charge is 0.289 e. The summed E-state index contributed by atoms with van der Waals surface area (Å²) in [4.78, 5) is 34.4. The van der Waals surface area contributed by atoms with Gasteiger partial charge in [-0.25, -0.2) is 4.98 Å². The van der Waals surface area contributed by atoms with Gasteiger partial charge in [0.1, 0.15) is 0 Å². The molecule has 172 valence electrons. The van der Waals surface area contributed by atoms with Crippen LogP contribution >= 0.6 is 0 Å². The summed E-state index contributed by atoms with van der Waals surface area (Å²) in [5, 5.41) is 0. The van der Waals surface area contributed by atoms with Gasteiger partial charge in [0.05, 0.1) is 5.92 Å². The van der Waals surface area contributed by atoms with E-state index in [4.69, 9.17) is 0 Å². The molecule has 1 aliphatic rings. The number of carbonyl (C=O) groups excluding carboxylic acids is 2. The zero-order valence-electron chi connectivity index (χ0n) is 19.7. The first-order valence-corrected chi connectivity index (χ1v) is 11.7. The molecule has 33 heavy (non-hydrogen) atoms. The van der Waals surface area contributed by atoms with Crippen LogP contribution in [0.15, 0.2) is 60.9 Å². The zero-order valence-corrected chi connectivity index (χ0v) is 19.7. The molecule has 6 heteroatoms. The van der Waals surface area contributed by atoms with Gasteiger partial charge >= 0.3 is 0 Å². The van der Waals surface area contributed by atoms with Crippen LogP contribution in [-0.4, -0.2) is 57.3 Å². The molecule has 1 aromatic heterocycles. The van der Waals surface area contributed by atoms with Crippen LogP contribution in [0, 0.1) is 12.8 Å². The molecule has 1 atom stereocenters. The van der Waals surface area contributed by atoms with Gasteiger partial charge in [0.25, 0.3) is 5.91 Å². The van der Waals surface area contributed by atoms with Crippen molar-refractivity contribution in [3.63, 3.8) is 0 Å². The summed E-state index contributed by atoms with van der Waals surface area (Å²) >= 11 is 0. The normalized spacial score (nSPS) is 16.7. The first-order valence-electron chi connectivity index (χ1n) is 11.7. The standard InChI is InChI=1S/C27H32N4O2/c1-4-13-30-15-16-31(27(33)25-28-12-14-29(25)3)19-24(26(30)32)18-21-8-10-22(11-9-21)23-7-5-6-20(2)17-23/h5-12,14,17,24H,4,13,15-16,18-19H2,1-3H3/t24-/m0/s1. The van der Waals surface area contributed by atoms with Crippen LogP contribution < -0.4 is 0 Å². The van der Waals surface area contributed by atoms with E-state index in [1.54, 1.807) is 21.9 Å². The molecule has 4 rings (SSSR count). The second-order valence-electron chi connectivity index (χ2n) is 8.91. The van der Waals surface area contributed by atoms with Crippen LogP contribution in [-0.2, 0) is 18.3 Å². The predicted molar refractivity (Wildman–Crippen MR) is 130 cm³/mol. The van der Waals surface area contributed by atoms with Crippen LogP contribution in [0.4, 0.5) is 0 Å². The number of amides is 2. The summed E-state index contributed by atoms with van der Waals surface area (Å²) in [7, 11) is 1.82. The van der Waals surface area contributed by atoms with Gasteiger partial charge in [0, 0.05) is 45.6 Å². The third kappa shape index (κ3) is 5.16. The summed E-state index contributed by atoms with van der Waals surface area (Å²) in [6, 6.07) is 16.9. The zero-order chi connectivity index (χ0) is 23.4. The van der Waals surface area contributed by atoms with Gasteiger partial charge in [-0.15, -0.1) is 0 Å². The molecule has 2 heterocycles. The molecule has 1 saturated heterocycles. The molecule has 2 aromatic carbocycles. The highest BCUT2D eigenvalue weighted by Gasteiger charge is 2.33. The number of rotatable bonds is 6. The van der Waals surface area contributed by atoms with Crippen LogP contribution in [0.1, 0.15) is 35.1 Å². The minimum Gasteiger partial charge on any atom is -0.341 e. The minimum absolute atomic E-state index is 0.117. The van der Waals surface area contributed by atoms with Crippen molar-refractivity contribution in [2.45, 2.75) is 26.7 Å². The van der Waals surface area contributed by atoms with Crippen molar-refractivity contribution >= 4 is 11.8 Å². The molecular formula is C27H32N4O2. The molecular weight excluding hydrogens is 412 g/mol. The number of imidazole rings is 1. The van der Waals surface area contributed by atoms with Gasteiger partial charge in [0.2, 0.25) is 5.91 Å². The van der Waals surface area contributed by atoms with E-state index in [0.29, 0.717) is 38.4 Å². The molecule has 0 radical (unpaired) electrons. The Kier molecular flexibility index (Phi) is 6.92. The number of hydrogen-bond acceptors (Lipinski definition) is 3. The van der Waals surface area contributed by atoms with Crippen LogP contribution in [0.25, 0.3) is 11.1 Å². The van der Waals surface area contributed by atoms with Crippen molar-refractivity contribution in [1.29, 1.82) is 0 Å². The fraction of sp³-hybridized carbons (Fsp3) is 0.370. The Morgan fingerprint density at radius 2 is 1.88 bits per heavy atom. The number of aromatic nitrogens is 2. The van der Waals surface area contributed by atoms with E-state index in [2.05, 4.69) is 67.4 Å². The topological polar surface area (TPSA) is 58.4 Å². The molecule has 0 spiro atoms. The Morgan fingerprint density at radius 3 is 2.55 bits per heavy atom. The molecule has 3 aromatic rings. The highest BCUT2D eigenvalue weighted by molar-refractivity contribution is 5.91. The first-order chi connectivity index (χ1) is 16.0. The Morgan fingerprint density at radius 1 is 1.09 bits per heavy atom. The van der Waals surface area contributed by atoms with Crippen molar-refractivity contribution in [3.8, 4) is 11.1 Å². The third-order valence-electron chi connectivity index (χ3n) is 6.32. The van der Waals surface area contributed by atoms with Crippen molar-refractivity contribution < 1.29 is 9.59 Å². The lowest BCUT2D eigenvalue weighted by molar-refractivity contribution is -0.134. The molecule has 1 aliphatic heterocycles. The maximum absolute atomic E-state index is 13.4. The van der Waals surface area contributed by atoms with Crippen LogP contribution in [0.3, 0.4) is 0 Å². The third-order valence-corrected chi connectivity index (χ3v) is 6.32. The number of carbonyl (C=O) groups is 2. The van der Waals surface area contributed by atoms with E-state index in [1.165, 1.54) is 11.1 Å². The Bertz CT molecular complexity index is 1120. The molecule has 0 unspecified atom stereocenters. The van der Waals surface area contributed by atoms with Crippen LogP contribution in [0.2, 0.25) is 0 Å². The highest BCUT2D eigenvalue weighted by atomic mass is 16.2. The lowest BCUT2D eigenvalue weighted by Crippen LogP contribution is -2.38. The second-order valence-corrected chi connectivity index (χ2v) is 8.91.